The van der Waals surface area contributed by atoms with Crippen LogP contribution in [0.3, 0.4) is 0 Å². The Bertz CT molecular complexity index is 1020. The van der Waals surface area contributed by atoms with Crippen molar-refractivity contribution in [1.82, 2.24) is 0 Å². The van der Waals surface area contributed by atoms with Gasteiger partial charge in [-0.15, -0.1) is 0 Å². The van der Waals surface area contributed by atoms with Gasteiger partial charge in [-0.3, -0.25) is 0 Å². The molecule has 0 bridgehead atoms. The highest BCUT2D eigenvalue weighted by molar-refractivity contribution is 5.53. The van der Waals surface area contributed by atoms with Gasteiger partial charge in [-0.1, -0.05) is 67.9 Å². The second kappa shape index (κ2) is 10.1. The van der Waals surface area contributed by atoms with E-state index in [0.717, 1.165) is 22.3 Å². The van der Waals surface area contributed by atoms with E-state index >= 15 is 0 Å². The summed E-state index contributed by atoms with van der Waals surface area (Å²) in [6.45, 7) is 11.8. The predicted octanol–water partition coefficient (Wildman–Crippen LogP) is 6.44. The third kappa shape index (κ3) is 6.39. The molecule has 28 heavy (non-hydrogen) atoms. The van der Waals surface area contributed by atoms with Gasteiger partial charge in [-0.05, 0) is 67.8 Å². The first-order valence-corrected chi connectivity index (χ1v) is 9.33. The first-order chi connectivity index (χ1) is 13.4. The molecule has 0 fully saturated rings. The highest BCUT2D eigenvalue weighted by Crippen LogP contribution is 2.20. The highest BCUT2D eigenvalue weighted by Gasteiger charge is 2.05. The first kappa shape index (κ1) is 20.9. The molecule has 0 aliphatic heterocycles. The number of hydrogen-bond donors (Lipinski definition) is 1. The van der Waals surface area contributed by atoms with Crippen LogP contribution < -0.4 is 0 Å². The van der Waals surface area contributed by atoms with Gasteiger partial charge in [0.1, 0.15) is 0 Å². The van der Waals surface area contributed by atoms with Gasteiger partial charge in [0.2, 0.25) is 0 Å². The van der Waals surface area contributed by atoms with Crippen molar-refractivity contribution in [1.29, 1.82) is 0 Å². The van der Waals surface area contributed by atoms with Gasteiger partial charge in [0.05, 0.1) is 5.76 Å². The lowest BCUT2D eigenvalue weighted by atomic mass is 9.95. The second-order valence-electron chi connectivity index (χ2n) is 6.96. The van der Waals surface area contributed by atoms with Gasteiger partial charge in [-0.2, -0.15) is 0 Å². The van der Waals surface area contributed by atoms with Crippen LogP contribution in [0.2, 0.25) is 0 Å². The molecule has 0 amide bonds. The van der Waals surface area contributed by atoms with Crippen molar-refractivity contribution in [2.45, 2.75) is 33.6 Å². The lowest BCUT2D eigenvalue weighted by molar-refractivity contribution is 0.414. The Balaban J connectivity index is 2.35. The number of aliphatic hydroxyl groups is 1. The minimum absolute atomic E-state index is 0.237. The Morgan fingerprint density at radius 3 is 2.21 bits per heavy atom. The molecule has 1 heteroatoms. The standard InChI is InChI=1S/C27H26O/c1-6-23(12-9-22(5)28)15-17-26-18-16-25(19-27(26)20(2)3)14-13-24-10-7-21(4)8-11-24/h6-12,16,18-20,28H,1H2,2-5H3/b22-9+,23-12+. The predicted molar refractivity (Wildman–Crippen MR) is 119 cm³/mol. The summed E-state index contributed by atoms with van der Waals surface area (Å²) in [4.78, 5) is 0. The maximum absolute atomic E-state index is 9.30. The minimum atomic E-state index is 0.237. The summed E-state index contributed by atoms with van der Waals surface area (Å²) < 4.78 is 0. The van der Waals surface area contributed by atoms with Gasteiger partial charge in [0.15, 0.2) is 0 Å². The largest absolute Gasteiger partial charge is 0.513 e. The zero-order chi connectivity index (χ0) is 20.5. The normalized spacial score (nSPS) is 11.3. The Morgan fingerprint density at radius 1 is 0.964 bits per heavy atom. The third-order valence-electron chi connectivity index (χ3n) is 4.14. The fourth-order valence-corrected chi connectivity index (χ4v) is 2.52. The van der Waals surface area contributed by atoms with Crippen molar-refractivity contribution < 1.29 is 5.11 Å². The quantitative estimate of drug-likeness (QED) is 0.376. The number of hydrogen-bond acceptors (Lipinski definition) is 1. The van der Waals surface area contributed by atoms with Gasteiger partial charge < -0.3 is 5.11 Å². The van der Waals surface area contributed by atoms with E-state index in [-0.39, 0.29) is 5.76 Å². The summed E-state index contributed by atoms with van der Waals surface area (Å²) in [5.41, 5.74) is 6.12. The molecule has 2 aromatic rings. The lowest BCUT2D eigenvalue weighted by Gasteiger charge is -2.09. The van der Waals surface area contributed by atoms with E-state index in [0.29, 0.717) is 5.92 Å². The average molecular weight is 367 g/mol. The van der Waals surface area contributed by atoms with Gasteiger partial charge in [0.25, 0.3) is 0 Å². The van der Waals surface area contributed by atoms with E-state index in [1.807, 2.05) is 24.3 Å². The summed E-state index contributed by atoms with van der Waals surface area (Å²) in [5.74, 6) is 13.4. The molecule has 0 aliphatic carbocycles. The SMILES string of the molecule is C=C/C(C#Cc1ccc(C#Cc2ccc(C)cc2)cc1C(C)C)=C\C=C(/C)O. The van der Waals surface area contributed by atoms with Crippen molar-refractivity contribution in [3.8, 4) is 23.7 Å². The Morgan fingerprint density at radius 2 is 1.61 bits per heavy atom. The number of aryl methyl sites for hydroxylation is 1. The molecular weight excluding hydrogens is 340 g/mol. The molecule has 0 aromatic heterocycles. The Labute approximate surface area is 169 Å². The van der Waals surface area contributed by atoms with Crippen LogP contribution in [0.25, 0.3) is 0 Å². The number of aliphatic hydroxyl groups excluding tert-OH is 1. The van der Waals surface area contributed by atoms with E-state index in [4.69, 9.17) is 0 Å². The monoisotopic (exact) mass is 366 g/mol. The fraction of sp³-hybridized carbons (Fsp3) is 0.185. The van der Waals surface area contributed by atoms with Crippen LogP contribution in [0.15, 0.2) is 78.6 Å². The van der Waals surface area contributed by atoms with Crippen LogP contribution >= 0.6 is 0 Å². The molecule has 2 rings (SSSR count). The number of rotatable bonds is 3. The second-order valence-corrected chi connectivity index (χ2v) is 6.96. The molecule has 0 atom stereocenters. The Kier molecular flexibility index (Phi) is 7.50. The average Bonchev–Trinajstić information content (AvgIpc) is 2.67. The van der Waals surface area contributed by atoms with Crippen molar-refractivity contribution in [2.75, 3.05) is 0 Å². The molecule has 0 saturated heterocycles. The van der Waals surface area contributed by atoms with Crippen LogP contribution in [-0.4, -0.2) is 5.11 Å². The molecule has 2 aromatic carbocycles. The minimum Gasteiger partial charge on any atom is -0.513 e. The summed E-state index contributed by atoms with van der Waals surface area (Å²) in [6, 6.07) is 14.4. The third-order valence-corrected chi connectivity index (χ3v) is 4.14. The first-order valence-electron chi connectivity index (χ1n) is 9.33. The van der Waals surface area contributed by atoms with E-state index in [1.54, 1.807) is 25.2 Å². The van der Waals surface area contributed by atoms with Crippen molar-refractivity contribution in [3.63, 3.8) is 0 Å². The Hall–Kier alpha value is -3.42. The fourth-order valence-electron chi connectivity index (χ4n) is 2.52. The molecule has 1 N–H and O–H groups in total. The molecular formula is C27H26O. The van der Waals surface area contributed by atoms with Crippen molar-refractivity contribution in [2.24, 2.45) is 0 Å². The van der Waals surface area contributed by atoms with Crippen LogP contribution in [0, 0.1) is 30.6 Å². The van der Waals surface area contributed by atoms with Crippen LogP contribution in [-0.2, 0) is 0 Å². The number of allylic oxidation sites excluding steroid dienone is 5. The van der Waals surface area contributed by atoms with Gasteiger partial charge in [0, 0.05) is 22.3 Å². The summed E-state index contributed by atoms with van der Waals surface area (Å²) in [6.07, 6.45) is 5.05. The smallest absolute Gasteiger partial charge is 0.0892 e. The zero-order valence-corrected chi connectivity index (χ0v) is 17.0. The van der Waals surface area contributed by atoms with Gasteiger partial charge >= 0.3 is 0 Å². The number of benzene rings is 2. The van der Waals surface area contributed by atoms with E-state index in [1.165, 1.54) is 11.1 Å². The molecule has 0 heterocycles. The molecule has 1 nitrogen and oxygen atoms in total. The molecule has 0 unspecified atom stereocenters. The zero-order valence-electron chi connectivity index (χ0n) is 17.0. The molecule has 0 saturated carbocycles. The van der Waals surface area contributed by atoms with Crippen LogP contribution in [0.5, 0.6) is 0 Å². The molecule has 140 valence electrons. The van der Waals surface area contributed by atoms with Crippen LogP contribution in [0.1, 0.15) is 54.5 Å². The van der Waals surface area contributed by atoms with E-state index in [9.17, 15) is 5.11 Å². The molecule has 0 radical (unpaired) electrons. The van der Waals surface area contributed by atoms with Crippen LogP contribution in [0.4, 0.5) is 0 Å². The molecule has 0 aliphatic rings. The highest BCUT2D eigenvalue weighted by atomic mass is 16.3. The maximum Gasteiger partial charge on any atom is 0.0892 e. The van der Waals surface area contributed by atoms with Crippen molar-refractivity contribution in [3.05, 3.63) is 106 Å². The summed E-state index contributed by atoms with van der Waals surface area (Å²) in [7, 11) is 0. The molecule has 0 spiro atoms. The summed E-state index contributed by atoms with van der Waals surface area (Å²) >= 11 is 0. The van der Waals surface area contributed by atoms with E-state index < -0.39 is 0 Å². The summed E-state index contributed by atoms with van der Waals surface area (Å²) in [5, 5.41) is 9.30. The topological polar surface area (TPSA) is 20.2 Å². The van der Waals surface area contributed by atoms with Gasteiger partial charge in [-0.25, -0.2) is 0 Å². The van der Waals surface area contributed by atoms with Crippen molar-refractivity contribution >= 4 is 0 Å². The lowest BCUT2D eigenvalue weighted by Crippen LogP contribution is -1.94. The maximum atomic E-state index is 9.30. The van der Waals surface area contributed by atoms with E-state index in [2.05, 4.69) is 69.2 Å².